The zero-order chi connectivity index (χ0) is 23.3. The summed E-state index contributed by atoms with van der Waals surface area (Å²) in [6.07, 6.45) is 6.80. The number of ether oxygens (including phenoxy) is 1. The van der Waals surface area contributed by atoms with E-state index in [0.29, 0.717) is 17.9 Å². The normalized spacial score (nSPS) is 15.4. The van der Waals surface area contributed by atoms with Crippen molar-refractivity contribution < 1.29 is 17.9 Å². The standard InChI is InChI=1S/C25H34N2O4S/c1-5-23(20-15-14-18-10-7-8-11-19(18)16-20)26-25(28)24(6-2)27(32(4,29)30)21-12-9-13-22(17-21)31-3/h9,12-17,23-24H,5-8,10-11H2,1-4H3,(H,26,28). The molecule has 0 aromatic heterocycles. The Morgan fingerprint density at radius 2 is 1.78 bits per heavy atom. The average molecular weight is 459 g/mol. The molecule has 0 saturated heterocycles. The Kier molecular flexibility index (Phi) is 7.82. The van der Waals surface area contributed by atoms with Gasteiger partial charge in [-0.25, -0.2) is 8.42 Å². The van der Waals surface area contributed by atoms with Crippen LogP contribution in [0.5, 0.6) is 5.75 Å². The minimum absolute atomic E-state index is 0.171. The van der Waals surface area contributed by atoms with Gasteiger partial charge in [0.2, 0.25) is 15.9 Å². The second-order valence-corrected chi connectivity index (χ2v) is 10.2. The van der Waals surface area contributed by atoms with Crippen molar-refractivity contribution in [3.63, 3.8) is 0 Å². The van der Waals surface area contributed by atoms with Crippen LogP contribution in [0.1, 0.15) is 62.3 Å². The fourth-order valence-corrected chi connectivity index (χ4v) is 5.67. The number of rotatable bonds is 9. The van der Waals surface area contributed by atoms with Crippen molar-refractivity contribution in [3.05, 3.63) is 59.2 Å². The first-order valence-electron chi connectivity index (χ1n) is 11.3. The number of fused-ring (bicyclic) bond motifs is 1. The van der Waals surface area contributed by atoms with E-state index in [4.69, 9.17) is 4.74 Å². The Hall–Kier alpha value is -2.54. The number of hydrogen-bond acceptors (Lipinski definition) is 4. The van der Waals surface area contributed by atoms with Gasteiger partial charge in [0.25, 0.3) is 0 Å². The van der Waals surface area contributed by atoms with Crippen LogP contribution in [0.4, 0.5) is 5.69 Å². The van der Waals surface area contributed by atoms with E-state index in [-0.39, 0.29) is 11.9 Å². The predicted octanol–water partition coefficient (Wildman–Crippen LogP) is 4.39. The maximum Gasteiger partial charge on any atom is 0.244 e. The molecule has 0 saturated carbocycles. The molecule has 0 radical (unpaired) electrons. The molecule has 1 N–H and O–H groups in total. The number of amides is 1. The van der Waals surface area contributed by atoms with E-state index in [1.54, 1.807) is 24.3 Å². The number of aryl methyl sites for hydroxylation is 2. The van der Waals surface area contributed by atoms with E-state index < -0.39 is 16.1 Å². The highest BCUT2D eigenvalue weighted by molar-refractivity contribution is 7.92. The van der Waals surface area contributed by atoms with Crippen molar-refractivity contribution in [3.8, 4) is 5.75 Å². The van der Waals surface area contributed by atoms with Crippen LogP contribution in [0.25, 0.3) is 0 Å². The molecule has 0 fully saturated rings. The van der Waals surface area contributed by atoms with Crippen LogP contribution in [0.15, 0.2) is 42.5 Å². The van der Waals surface area contributed by atoms with Crippen molar-refractivity contribution in [1.29, 1.82) is 0 Å². The van der Waals surface area contributed by atoms with Crippen LogP contribution in [0, 0.1) is 0 Å². The number of methoxy groups -OCH3 is 1. The van der Waals surface area contributed by atoms with Gasteiger partial charge >= 0.3 is 0 Å². The molecule has 3 rings (SSSR count). The van der Waals surface area contributed by atoms with Gasteiger partial charge in [0.15, 0.2) is 0 Å². The Morgan fingerprint density at radius 1 is 1.06 bits per heavy atom. The second-order valence-electron chi connectivity index (χ2n) is 8.39. The molecule has 2 unspecified atom stereocenters. The number of sulfonamides is 1. The molecule has 2 aromatic rings. The molecule has 0 spiro atoms. The molecule has 174 valence electrons. The maximum absolute atomic E-state index is 13.4. The highest BCUT2D eigenvalue weighted by Gasteiger charge is 2.32. The maximum atomic E-state index is 13.4. The van der Waals surface area contributed by atoms with Crippen molar-refractivity contribution in [2.45, 2.75) is 64.5 Å². The average Bonchev–Trinajstić information content (AvgIpc) is 2.79. The van der Waals surface area contributed by atoms with Gasteiger partial charge in [0.1, 0.15) is 11.8 Å². The summed E-state index contributed by atoms with van der Waals surface area (Å²) in [4.78, 5) is 13.4. The second kappa shape index (κ2) is 10.4. The summed E-state index contributed by atoms with van der Waals surface area (Å²) in [5.74, 6) is 0.234. The number of carbonyl (C=O) groups is 1. The summed E-state index contributed by atoms with van der Waals surface area (Å²) in [6, 6.07) is 12.2. The molecule has 0 aliphatic heterocycles. The lowest BCUT2D eigenvalue weighted by molar-refractivity contribution is -0.123. The fourth-order valence-electron chi connectivity index (χ4n) is 4.47. The Bertz CT molecular complexity index is 1050. The van der Waals surface area contributed by atoms with E-state index in [0.717, 1.165) is 31.1 Å². The molecule has 0 heterocycles. The van der Waals surface area contributed by atoms with Crippen LogP contribution < -0.4 is 14.4 Å². The summed E-state index contributed by atoms with van der Waals surface area (Å²) in [6.45, 7) is 3.85. The van der Waals surface area contributed by atoms with Crippen molar-refractivity contribution in [1.82, 2.24) is 5.32 Å². The zero-order valence-electron chi connectivity index (χ0n) is 19.4. The summed E-state index contributed by atoms with van der Waals surface area (Å²) < 4.78 is 31.9. The highest BCUT2D eigenvalue weighted by Crippen LogP contribution is 2.29. The van der Waals surface area contributed by atoms with Gasteiger partial charge in [-0.2, -0.15) is 0 Å². The molecule has 7 heteroatoms. The van der Waals surface area contributed by atoms with Crippen LogP contribution in [-0.4, -0.2) is 33.7 Å². The summed E-state index contributed by atoms with van der Waals surface area (Å²) in [5, 5.41) is 3.12. The molecular weight excluding hydrogens is 424 g/mol. The van der Waals surface area contributed by atoms with Gasteiger partial charge in [-0.15, -0.1) is 0 Å². The molecule has 1 aliphatic rings. The van der Waals surface area contributed by atoms with E-state index in [9.17, 15) is 13.2 Å². The van der Waals surface area contributed by atoms with E-state index in [1.165, 1.54) is 35.4 Å². The smallest absolute Gasteiger partial charge is 0.244 e. The largest absolute Gasteiger partial charge is 0.497 e. The molecule has 6 nitrogen and oxygen atoms in total. The molecule has 32 heavy (non-hydrogen) atoms. The first-order chi connectivity index (χ1) is 15.3. The summed E-state index contributed by atoms with van der Waals surface area (Å²) in [5.41, 5.74) is 4.25. The number of carbonyl (C=O) groups excluding carboxylic acids is 1. The first-order valence-corrected chi connectivity index (χ1v) is 13.2. The third kappa shape index (κ3) is 5.44. The van der Waals surface area contributed by atoms with E-state index >= 15 is 0 Å². The zero-order valence-corrected chi connectivity index (χ0v) is 20.2. The minimum Gasteiger partial charge on any atom is -0.497 e. The minimum atomic E-state index is -3.70. The molecule has 1 aliphatic carbocycles. The topological polar surface area (TPSA) is 75.7 Å². The number of nitrogens with zero attached hydrogens (tertiary/aromatic N) is 1. The van der Waals surface area contributed by atoms with Gasteiger partial charge in [-0.1, -0.05) is 38.1 Å². The number of anilines is 1. The lowest BCUT2D eigenvalue weighted by Crippen LogP contribution is -2.50. The Labute approximate surface area is 192 Å². The molecule has 1 amide bonds. The van der Waals surface area contributed by atoms with E-state index in [1.807, 2.05) is 13.8 Å². The number of hydrogen-bond donors (Lipinski definition) is 1. The van der Waals surface area contributed by atoms with Crippen molar-refractivity contribution in [2.24, 2.45) is 0 Å². The monoisotopic (exact) mass is 458 g/mol. The molecule has 0 bridgehead atoms. The summed E-state index contributed by atoms with van der Waals surface area (Å²) >= 11 is 0. The van der Waals surface area contributed by atoms with Gasteiger partial charge < -0.3 is 10.1 Å². The first kappa shape index (κ1) is 24.1. The van der Waals surface area contributed by atoms with Crippen molar-refractivity contribution >= 4 is 21.6 Å². The third-order valence-corrected chi connectivity index (χ3v) is 7.32. The van der Waals surface area contributed by atoms with E-state index in [2.05, 4.69) is 23.5 Å². The lowest BCUT2D eigenvalue weighted by Gasteiger charge is -2.32. The van der Waals surface area contributed by atoms with Crippen molar-refractivity contribution in [2.75, 3.05) is 17.7 Å². The fraction of sp³-hybridized carbons (Fsp3) is 0.480. The van der Waals surface area contributed by atoms with Gasteiger partial charge in [0, 0.05) is 6.07 Å². The highest BCUT2D eigenvalue weighted by atomic mass is 32.2. The SMILES string of the molecule is CCC(NC(=O)C(CC)N(c1cccc(OC)c1)S(C)(=O)=O)c1ccc2c(c1)CCCC2. The van der Waals surface area contributed by atoms with Gasteiger partial charge in [-0.3, -0.25) is 9.10 Å². The summed E-state index contributed by atoms with van der Waals surface area (Å²) in [7, 11) is -2.18. The quantitative estimate of drug-likeness (QED) is 0.605. The van der Waals surface area contributed by atoms with Crippen LogP contribution >= 0.6 is 0 Å². The van der Waals surface area contributed by atoms with Gasteiger partial charge in [0.05, 0.1) is 25.1 Å². The van der Waals surface area contributed by atoms with Crippen LogP contribution in [0.2, 0.25) is 0 Å². The Morgan fingerprint density at radius 3 is 2.41 bits per heavy atom. The molecule has 2 atom stereocenters. The number of benzene rings is 2. The molecule has 2 aromatic carbocycles. The predicted molar refractivity (Wildman–Crippen MR) is 129 cm³/mol. The Balaban J connectivity index is 1.88. The van der Waals surface area contributed by atoms with Gasteiger partial charge in [-0.05, 0) is 67.3 Å². The van der Waals surface area contributed by atoms with Crippen LogP contribution in [-0.2, 0) is 27.7 Å². The number of nitrogens with one attached hydrogen (secondary N) is 1. The van der Waals surface area contributed by atoms with Crippen LogP contribution in [0.3, 0.4) is 0 Å². The molecular formula is C25H34N2O4S. The lowest BCUT2D eigenvalue weighted by atomic mass is 9.88. The third-order valence-electron chi connectivity index (χ3n) is 6.14.